The third kappa shape index (κ3) is 2.70. The van der Waals surface area contributed by atoms with E-state index < -0.39 is 0 Å². The summed E-state index contributed by atoms with van der Waals surface area (Å²) >= 11 is 3.51. The minimum absolute atomic E-state index is 0.124. The van der Waals surface area contributed by atoms with E-state index in [2.05, 4.69) is 32.0 Å². The largest absolute Gasteiger partial charge is 0.508 e. The number of rotatable bonds is 5. The van der Waals surface area contributed by atoms with Crippen molar-refractivity contribution in [3.05, 3.63) is 63.9 Å². The first-order valence-corrected chi connectivity index (χ1v) is 9.41. The zero-order chi connectivity index (χ0) is 18.3. The van der Waals surface area contributed by atoms with Crippen molar-refractivity contribution in [3.63, 3.8) is 0 Å². The number of phenolic OH excluding ortho intramolecular Hbond substituents is 1. The molecule has 0 aliphatic carbocycles. The third-order valence-electron chi connectivity index (χ3n) is 4.99. The van der Waals surface area contributed by atoms with Gasteiger partial charge in [0.2, 0.25) is 0 Å². The summed E-state index contributed by atoms with van der Waals surface area (Å²) in [6.45, 7) is 0.944. The molecule has 2 aromatic carbocycles. The topological polar surface area (TPSA) is 104 Å². The van der Waals surface area contributed by atoms with Crippen LogP contribution in [0.4, 0.5) is 0 Å². The number of phenols is 1. The van der Waals surface area contributed by atoms with Gasteiger partial charge in [-0.1, -0.05) is 22.0 Å². The van der Waals surface area contributed by atoms with E-state index in [4.69, 9.17) is 11.5 Å². The van der Waals surface area contributed by atoms with Gasteiger partial charge in [0.15, 0.2) is 0 Å². The van der Waals surface area contributed by atoms with Gasteiger partial charge in [-0.25, -0.2) is 0 Å². The number of aromatic amines is 2. The molecule has 0 saturated heterocycles. The van der Waals surface area contributed by atoms with Crippen LogP contribution in [0.5, 0.6) is 5.75 Å². The van der Waals surface area contributed by atoms with Crippen molar-refractivity contribution < 1.29 is 5.11 Å². The van der Waals surface area contributed by atoms with Gasteiger partial charge < -0.3 is 26.5 Å². The Balaban J connectivity index is 1.96. The Morgan fingerprint density at radius 1 is 1.04 bits per heavy atom. The quantitative estimate of drug-likeness (QED) is 0.345. The summed E-state index contributed by atoms with van der Waals surface area (Å²) in [7, 11) is 0. The number of benzene rings is 2. The van der Waals surface area contributed by atoms with Gasteiger partial charge in [-0.2, -0.15) is 0 Å². The van der Waals surface area contributed by atoms with Gasteiger partial charge >= 0.3 is 0 Å². The molecule has 7 N–H and O–H groups in total. The molecular weight excluding hydrogens is 392 g/mol. The molecule has 0 radical (unpaired) electrons. The first-order valence-electron chi connectivity index (χ1n) is 8.62. The van der Waals surface area contributed by atoms with E-state index in [1.54, 1.807) is 6.07 Å². The molecule has 2 heterocycles. The molecule has 6 heteroatoms. The summed E-state index contributed by atoms with van der Waals surface area (Å²) in [5, 5.41) is 12.9. The van der Waals surface area contributed by atoms with Gasteiger partial charge in [0, 0.05) is 56.7 Å². The zero-order valence-corrected chi connectivity index (χ0v) is 15.8. The number of hydrogen-bond acceptors (Lipinski definition) is 3. The summed E-state index contributed by atoms with van der Waals surface area (Å²) in [5.74, 6) is 0.137. The second-order valence-electron chi connectivity index (χ2n) is 6.50. The molecule has 26 heavy (non-hydrogen) atoms. The Kier molecular flexibility index (Phi) is 4.48. The van der Waals surface area contributed by atoms with E-state index in [1.807, 2.05) is 30.6 Å². The molecule has 4 aromatic rings. The minimum atomic E-state index is -0.124. The van der Waals surface area contributed by atoms with Crippen molar-refractivity contribution in [2.24, 2.45) is 11.5 Å². The highest BCUT2D eigenvalue weighted by Gasteiger charge is 2.24. The molecule has 0 aliphatic rings. The van der Waals surface area contributed by atoms with E-state index in [0.29, 0.717) is 13.1 Å². The van der Waals surface area contributed by atoms with Crippen molar-refractivity contribution in [3.8, 4) is 5.75 Å². The molecule has 4 rings (SSSR count). The number of hydrogen-bond donors (Lipinski definition) is 5. The molecule has 2 aromatic heterocycles. The van der Waals surface area contributed by atoms with Crippen LogP contribution >= 0.6 is 15.9 Å². The Bertz CT molecular complexity index is 1080. The van der Waals surface area contributed by atoms with Crippen LogP contribution in [0, 0.1) is 0 Å². The van der Waals surface area contributed by atoms with Crippen molar-refractivity contribution in [1.29, 1.82) is 0 Å². The van der Waals surface area contributed by atoms with Crippen LogP contribution in [0.1, 0.15) is 22.6 Å². The fourth-order valence-electron chi connectivity index (χ4n) is 3.83. The van der Waals surface area contributed by atoms with Gasteiger partial charge in [-0.15, -0.1) is 0 Å². The lowest BCUT2D eigenvalue weighted by atomic mass is 9.87. The average molecular weight is 413 g/mol. The van der Waals surface area contributed by atoms with Crippen LogP contribution in [0.3, 0.4) is 0 Å². The standard InChI is InChI=1S/C20H21BrN4O/c21-12-1-2-13-15(10-25-17(13)7-12)14(8-23)20-18(26)4-3-16-19(20)11(5-6-22)9-24-16/h1-4,7,9-10,14,24-26H,5-6,8,22-23H2/t14-/m1/s1. The normalized spacial score (nSPS) is 12.9. The van der Waals surface area contributed by atoms with E-state index in [-0.39, 0.29) is 11.7 Å². The maximum Gasteiger partial charge on any atom is 0.120 e. The Labute approximate surface area is 159 Å². The van der Waals surface area contributed by atoms with Crippen molar-refractivity contribution in [2.75, 3.05) is 13.1 Å². The second-order valence-corrected chi connectivity index (χ2v) is 7.41. The molecule has 0 spiro atoms. The van der Waals surface area contributed by atoms with Crippen LogP contribution in [-0.2, 0) is 6.42 Å². The highest BCUT2D eigenvalue weighted by molar-refractivity contribution is 9.10. The molecule has 134 valence electrons. The van der Waals surface area contributed by atoms with Crippen LogP contribution in [0.15, 0.2) is 47.2 Å². The Morgan fingerprint density at radius 2 is 1.85 bits per heavy atom. The fraction of sp³-hybridized carbons (Fsp3) is 0.200. The third-order valence-corrected chi connectivity index (χ3v) is 5.49. The van der Waals surface area contributed by atoms with Crippen molar-refractivity contribution >= 4 is 37.7 Å². The van der Waals surface area contributed by atoms with Gasteiger partial charge in [-0.3, -0.25) is 0 Å². The number of aromatic hydroxyl groups is 1. The number of fused-ring (bicyclic) bond motifs is 2. The predicted molar refractivity (Wildman–Crippen MR) is 110 cm³/mol. The van der Waals surface area contributed by atoms with Gasteiger partial charge in [0.25, 0.3) is 0 Å². The van der Waals surface area contributed by atoms with Crippen LogP contribution in [0.2, 0.25) is 0 Å². The highest BCUT2D eigenvalue weighted by atomic mass is 79.9. The van der Waals surface area contributed by atoms with Gasteiger partial charge in [0.1, 0.15) is 5.75 Å². The molecule has 0 aliphatic heterocycles. The average Bonchev–Trinajstić information content (AvgIpc) is 3.22. The zero-order valence-electron chi connectivity index (χ0n) is 14.2. The lowest BCUT2D eigenvalue weighted by Gasteiger charge is -2.19. The number of aromatic nitrogens is 2. The molecule has 0 bridgehead atoms. The van der Waals surface area contributed by atoms with E-state index >= 15 is 0 Å². The first-order chi connectivity index (χ1) is 12.6. The fourth-order valence-corrected chi connectivity index (χ4v) is 4.19. The molecule has 1 atom stereocenters. The monoisotopic (exact) mass is 412 g/mol. The number of nitrogens with two attached hydrogens (primary N) is 2. The lowest BCUT2D eigenvalue weighted by Crippen LogP contribution is -2.14. The highest BCUT2D eigenvalue weighted by Crippen LogP contribution is 2.40. The molecule has 5 nitrogen and oxygen atoms in total. The SMILES string of the molecule is NCCc1c[nH]c2ccc(O)c([C@H](CN)c3c[nH]c4cc(Br)ccc34)c12. The minimum Gasteiger partial charge on any atom is -0.508 e. The summed E-state index contributed by atoms with van der Waals surface area (Å²) in [5.41, 5.74) is 17.1. The number of H-pyrrole nitrogens is 2. The maximum absolute atomic E-state index is 10.7. The number of nitrogens with one attached hydrogen (secondary N) is 2. The van der Waals surface area contributed by atoms with E-state index in [1.165, 1.54) is 0 Å². The summed E-state index contributed by atoms with van der Waals surface area (Å²) in [4.78, 5) is 6.61. The number of halogens is 1. The molecular formula is C20H21BrN4O. The second kappa shape index (κ2) is 6.79. The first kappa shape index (κ1) is 17.1. The van der Waals surface area contributed by atoms with Crippen molar-refractivity contribution in [1.82, 2.24) is 9.97 Å². The Morgan fingerprint density at radius 3 is 2.62 bits per heavy atom. The summed E-state index contributed by atoms with van der Waals surface area (Å²) in [6, 6.07) is 9.76. The molecule has 0 unspecified atom stereocenters. The lowest BCUT2D eigenvalue weighted by molar-refractivity contribution is 0.466. The molecule has 0 fully saturated rings. The van der Waals surface area contributed by atoms with E-state index in [0.717, 1.165) is 49.4 Å². The smallest absolute Gasteiger partial charge is 0.120 e. The summed E-state index contributed by atoms with van der Waals surface area (Å²) in [6.07, 6.45) is 4.71. The summed E-state index contributed by atoms with van der Waals surface area (Å²) < 4.78 is 1.02. The maximum atomic E-state index is 10.7. The van der Waals surface area contributed by atoms with Crippen molar-refractivity contribution in [2.45, 2.75) is 12.3 Å². The van der Waals surface area contributed by atoms with Gasteiger partial charge in [0.05, 0.1) is 0 Å². The molecule has 0 saturated carbocycles. The van der Waals surface area contributed by atoms with E-state index in [9.17, 15) is 5.11 Å². The van der Waals surface area contributed by atoms with Crippen LogP contribution in [0.25, 0.3) is 21.8 Å². The predicted octanol–water partition coefficient (Wildman–Crippen LogP) is 3.71. The molecule has 0 amide bonds. The van der Waals surface area contributed by atoms with Gasteiger partial charge in [-0.05, 0) is 48.4 Å². The van der Waals surface area contributed by atoms with Crippen LogP contribution < -0.4 is 11.5 Å². The Hall–Kier alpha value is -2.28. The van der Waals surface area contributed by atoms with Crippen LogP contribution in [-0.4, -0.2) is 28.2 Å².